The van der Waals surface area contributed by atoms with Crippen LogP contribution in [-0.2, 0) is 6.54 Å². The van der Waals surface area contributed by atoms with Gasteiger partial charge in [0.2, 0.25) is 0 Å². The molecule has 0 aromatic carbocycles. The highest BCUT2D eigenvalue weighted by Crippen LogP contribution is 1.90. The van der Waals surface area contributed by atoms with E-state index < -0.39 is 0 Å². The molecule has 0 aliphatic heterocycles. The normalized spacial score (nSPS) is 9.80. The number of hydrogen-bond acceptors (Lipinski definition) is 1. The Hall–Kier alpha value is -1.05. The van der Waals surface area contributed by atoms with Gasteiger partial charge in [0.25, 0.3) is 5.56 Å². The van der Waals surface area contributed by atoms with Gasteiger partial charge in [-0.1, -0.05) is 6.07 Å². The average molecular weight is 136 g/mol. The van der Waals surface area contributed by atoms with E-state index >= 15 is 0 Å². The zero-order valence-electron chi connectivity index (χ0n) is 6.00. The van der Waals surface area contributed by atoms with Crippen LogP contribution in [0.5, 0.6) is 0 Å². The first-order valence-electron chi connectivity index (χ1n) is 3.26. The van der Waals surface area contributed by atoms with E-state index in [2.05, 4.69) is 6.92 Å². The lowest BCUT2D eigenvalue weighted by Crippen LogP contribution is -2.16. The molecule has 0 atom stereocenters. The van der Waals surface area contributed by atoms with Crippen molar-refractivity contribution >= 4 is 0 Å². The van der Waals surface area contributed by atoms with E-state index in [1.54, 1.807) is 16.8 Å². The van der Waals surface area contributed by atoms with Gasteiger partial charge in [0.15, 0.2) is 0 Å². The molecule has 1 radical (unpaired) electrons. The van der Waals surface area contributed by atoms with E-state index in [-0.39, 0.29) is 5.56 Å². The number of rotatable bonds is 1. The number of hydrogen-bond donors (Lipinski definition) is 0. The maximum absolute atomic E-state index is 10.9. The summed E-state index contributed by atoms with van der Waals surface area (Å²) in [5.41, 5.74) is 0.913. The first kappa shape index (κ1) is 7.06. The largest absolute Gasteiger partial charge is 0.316 e. The van der Waals surface area contributed by atoms with Crippen molar-refractivity contribution in [1.82, 2.24) is 4.57 Å². The summed E-state index contributed by atoms with van der Waals surface area (Å²) in [5.74, 6) is 0. The highest BCUT2D eigenvalue weighted by atomic mass is 16.1. The predicted octanol–water partition coefficient (Wildman–Crippen LogP) is 1.05. The van der Waals surface area contributed by atoms with Crippen LogP contribution < -0.4 is 5.56 Å². The van der Waals surface area contributed by atoms with Gasteiger partial charge in [-0.3, -0.25) is 4.79 Å². The molecule has 1 heterocycles. The fourth-order valence-corrected chi connectivity index (χ4v) is 0.828. The van der Waals surface area contributed by atoms with Crippen molar-refractivity contribution in [1.29, 1.82) is 0 Å². The van der Waals surface area contributed by atoms with E-state index in [1.165, 1.54) is 6.07 Å². The SMILES string of the molecule is [CH2]c1ccc(=O)n(CC)c1. The summed E-state index contributed by atoms with van der Waals surface area (Å²) in [6, 6.07) is 3.25. The maximum Gasteiger partial charge on any atom is 0.250 e. The minimum atomic E-state index is 0.0369. The quantitative estimate of drug-likeness (QED) is 0.565. The van der Waals surface area contributed by atoms with Crippen molar-refractivity contribution in [2.75, 3.05) is 0 Å². The molecular formula is C8H10NO. The summed E-state index contributed by atoms with van der Waals surface area (Å²) in [6.07, 6.45) is 1.75. The van der Waals surface area contributed by atoms with Gasteiger partial charge in [-0.25, -0.2) is 0 Å². The van der Waals surface area contributed by atoms with E-state index in [0.717, 1.165) is 5.56 Å². The standard InChI is InChI=1S/C8H10NO/c1-3-9-6-7(2)4-5-8(9)10/h4-6H,2-3H2,1H3. The van der Waals surface area contributed by atoms with Gasteiger partial charge in [-0.2, -0.15) is 0 Å². The molecule has 1 rings (SSSR count). The van der Waals surface area contributed by atoms with Crippen LogP contribution in [0, 0.1) is 6.92 Å². The molecule has 0 aliphatic carbocycles. The van der Waals surface area contributed by atoms with Crippen LogP contribution in [0.3, 0.4) is 0 Å². The summed E-state index contributed by atoms with van der Waals surface area (Å²) < 4.78 is 1.63. The van der Waals surface area contributed by atoms with Crippen molar-refractivity contribution in [2.24, 2.45) is 0 Å². The fraction of sp³-hybridized carbons (Fsp3) is 0.250. The Kier molecular flexibility index (Phi) is 1.90. The Morgan fingerprint density at radius 1 is 1.60 bits per heavy atom. The Balaban J connectivity index is 3.22. The first-order valence-corrected chi connectivity index (χ1v) is 3.26. The van der Waals surface area contributed by atoms with Gasteiger partial charge in [-0.05, 0) is 19.4 Å². The Morgan fingerprint density at radius 3 is 2.80 bits per heavy atom. The van der Waals surface area contributed by atoms with Crippen LogP contribution >= 0.6 is 0 Å². The third-order valence-electron chi connectivity index (χ3n) is 1.39. The lowest BCUT2D eigenvalue weighted by Gasteiger charge is -1.99. The van der Waals surface area contributed by atoms with Crippen molar-refractivity contribution in [2.45, 2.75) is 13.5 Å². The second kappa shape index (κ2) is 2.69. The second-order valence-corrected chi connectivity index (χ2v) is 2.16. The molecular weight excluding hydrogens is 126 g/mol. The van der Waals surface area contributed by atoms with Crippen molar-refractivity contribution in [3.05, 3.63) is 41.2 Å². The minimum absolute atomic E-state index is 0.0369. The summed E-state index contributed by atoms with van der Waals surface area (Å²) in [6.45, 7) is 6.35. The van der Waals surface area contributed by atoms with Crippen molar-refractivity contribution in [3.63, 3.8) is 0 Å². The van der Waals surface area contributed by atoms with E-state index in [9.17, 15) is 4.79 Å². The zero-order valence-corrected chi connectivity index (χ0v) is 6.00. The zero-order chi connectivity index (χ0) is 7.56. The number of pyridine rings is 1. The monoisotopic (exact) mass is 136 g/mol. The molecule has 10 heavy (non-hydrogen) atoms. The highest BCUT2D eigenvalue weighted by molar-refractivity contribution is 5.12. The van der Waals surface area contributed by atoms with Gasteiger partial charge >= 0.3 is 0 Å². The van der Waals surface area contributed by atoms with Crippen LogP contribution in [0.4, 0.5) is 0 Å². The van der Waals surface area contributed by atoms with E-state index in [0.29, 0.717) is 6.54 Å². The van der Waals surface area contributed by atoms with Crippen LogP contribution in [0.2, 0.25) is 0 Å². The summed E-state index contributed by atoms with van der Waals surface area (Å²) >= 11 is 0. The molecule has 0 saturated heterocycles. The lowest BCUT2D eigenvalue weighted by atomic mass is 10.3. The molecule has 0 amide bonds. The van der Waals surface area contributed by atoms with E-state index in [4.69, 9.17) is 0 Å². The lowest BCUT2D eigenvalue weighted by molar-refractivity contribution is 0.725. The van der Waals surface area contributed by atoms with Gasteiger partial charge in [0, 0.05) is 18.8 Å². The third kappa shape index (κ3) is 1.26. The van der Waals surface area contributed by atoms with Gasteiger partial charge in [0.1, 0.15) is 0 Å². The van der Waals surface area contributed by atoms with Crippen molar-refractivity contribution < 1.29 is 0 Å². The maximum atomic E-state index is 10.9. The molecule has 0 unspecified atom stereocenters. The number of nitrogens with zero attached hydrogens (tertiary/aromatic N) is 1. The van der Waals surface area contributed by atoms with Gasteiger partial charge in [0.05, 0.1) is 0 Å². The van der Waals surface area contributed by atoms with Crippen LogP contribution in [0.1, 0.15) is 12.5 Å². The van der Waals surface area contributed by atoms with Crippen LogP contribution in [0.25, 0.3) is 0 Å². The number of aromatic nitrogens is 1. The van der Waals surface area contributed by atoms with Gasteiger partial charge < -0.3 is 4.57 Å². The van der Waals surface area contributed by atoms with Gasteiger partial charge in [-0.15, -0.1) is 0 Å². The smallest absolute Gasteiger partial charge is 0.250 e. The molecule has 0 bridgehead atoms. The topological polar surface area (TPSA) is 22.0 Å². The summed E-state index contributed by atoms with van der Waals surface area (Å²) in [7, 11) is 0. The molecule has 0 aliphatic rings. The fourth-order valence-electron chi connectivity index (χ4n) is 0.828. The first-order chi connectivity index (χ1) is 4.74. The summed E-state index contributed by atoms with van der Waals surface area (Å²) in [5, 5.41) is 0. The van der Waals surface area contributed by atoms with Crippen LogP contribution in [0.15, 0.2) is 23.1 Å². The third-order valence-corrected chi connectivity index (χ3v) is 1.39. The highest BCUT2D eigenvalue weighted by Gasteiger charge is 1.90. The van der Waals surface area contributed by atoms with E-state index in [1.807, 2.05) is 6.92 Å². The molecule has 1 aromatic rings. The number of aryl methyl sites for hydroxylation is 1. The predicted molar refractivity (Wildman–Crippen MR) is 40.8 cm³/mol. The molecule has 0 N–H and O–H groups in total. The molecule has 53 valence electrons. The molecule has 0 spiro atoms. The van der Waals surface area contributed by atoms with Crippen molar-refractivity contribution in [3.8, 4) is 0 Å². The average Bonchev–Trinajstić information content (AvgIpc) is 1.94. The molecule has 0 saturated carbocycles. The second-order valence-electron chi connectivity index (χ2n) is 2.16. The minimum Gasteiger partial charge on any atom is -0.316 e. The molecule has 0 fully saturated rings. The van der Waals surface area contributed by atoms with Crippen LogP contribution in [-0.4, -0.2) is 4.57 Å². The Labute approximate surface area is 60.1 Å². The molecule has 1 aromatic heterocycles. The Bertz CT molecular complexity index is 275. The Morgan fingerprint density at radius 2 is 2.30 bits per heavy atom. The molecule has 2 heteroatoms. The summed E-state index contributed by atoms with van der Waals surface area (Å²) in [4.78, 5) is 10.9. The molecule has 2 nitrogen and oxygen atoms in total.